The first-order chi connectivity index (χ1) is 8.53. The maximum Gasteiger partial charge on any atom is 0.249 e. The molecule has 0 aliphatic carbocycles. The molecule has 0 bridgehead atoms. The first kappa shape index (κ1) is 13.8. The van der Waals surface area contributed by atoms with Crippen molar-refractivity contribution in [2.45, 2.75) is 17.6 Å². The number of nitrogens with zero attached hydrogens (tertiary/aromatic N) is 1. The van der Waals surface area contributed by atoms with Crippen molar-refractivity contribution in [3.63, 3.8) is 0 Å². The lowest BCUT2D eigenvalue weighted by molar-refractivity contribution is 0.590. The minimum Gasteiger partial charge on any atom is -0.283 e. The zero-order chi connectivity index (χ0) is 13.2. The van der Waals surface area contributed by atoms with E-state index in [9.17, 15) is 8.42 Å². The Morgan fingerprint density at radius 1 is 1.39 bits per heavy atom. The van der Waals surface area contributed by atoms with Gasteiger partial charge in [-0.15, -0.1) is 11.3 Å². The molecule has 0 aromatic carbocycles. The molecule has 0 unspecified atom stereocenters. The molecule has 1 aliphatic heterocycles. The van der Waals surface area contributed by atoms with Crippen LogP contribution < -0.4 is 4.72 Å². The molecule has 1 aromatic heterocycles. The summed E-state index contributed by atoms with van der Waals surface area (Å²) < 4.78 is 26.0. The summed E-state index contributed by atoms with van der Waals surface area (Å²) in [5.74, 6) is 0. The number of thioether (sulfide) groups is 1. The van der Waals surface area contributed by atoms with Crippen LogP contribution in [0.5, 0.6) is 0 Å². The molecular weight excluding hydrogens is 288 g/mol. The van der Waals surface area contributed by atoms with Crippen LogP contribution in [-0.2, 0) is 10.0 Å². The van der Waals surface area contributed by atoms with Gasteiger partial charge in [0, 0.05) is 11.4 Å². The molecule has 0 spiro atoms. The third kappa shape index (κ3) is 3.03. The van der Waals surface area contributed by atoms with Crippen molar-refractivity contribution >= 4 is 43.7 Å². The van der Waals surface area contributed by atoms with Crippen molar-refractivity contribution < 1.29 is 8.42 Å². The number of sulfonamides is 1. The van der Waals surface area contributed by atoms with Crippen LogP contribution in [0.4, 0.5) is 0 Å². The van der Waals surface area contributed by atoms with Crippen LogP contribution in [0.3, 0.4) is 0 Å². The summed E-state index contributed by atoms with van der Waals surface area (Å²) in [6.45, 7) is 2.74. The number of rotatable bonds is 3. The van der Waals surface area contributed by atoms with Crippen LogP contribution in [0, 0.1) is 0 Å². The highest BCUT2D eigenvalue weighted by atomic mass is 32.2. The van der Waals surface area contributed by atoms with Crippen LogP contribution in [0.25, 0.3) is 5.57 Å². The molecule has 98 valence electrons. The summed E-state index contributed by atoms with van der Waals surface area (Å²) in [5, 5.41) is 3.11. The second-order valence-corrected chi connectivity index (χ2v) is 8.00. The van der Waals surface area contributed by atoms with Gasteiger partial charge in [0.25, 0.3) is 0 Å². The van der Waals surface area contributed by atoms with Crippen molar-refractivity contribution in [3.8, 4) is 0 Å². The Balaban J connectivity index is 2.26. The molecule has 1 N–H and O–H groups in total. The predicted molar refractivity (Wildman–Crippen MR) is 78.7 cm³/mol. The second kappa shape index (κ2) is 5.56. The van der Waals surface area contributed by atoms with E-state index in [1.165, 1.54) is 18.4 Å². The van der Waals surface area contributed by atoms with E-state index in [1.54, 1.807) is 17.8 Å². The molecule has 2 heterocycles. The second-order valence-electron chi connectivity index (χ2n) is 3.74. The molecule has 0 saturated carbocycles. The molecule has 1 aliphatic rings. The highest BCUT2D eigenvalue weighted by Crippen LogP contribution is 2.32. The fraction of sp³-hybridized carbons (Fsp3) is 0.364. The molecule has 0 radical (unpaired) electrons. The van der Waals surface area contributed by atoms with Crippen molar-refractivity contribution in [2.75, 3.05) is 13.6 Å². The quantitative estimate of drug-likeness (QED) is 0.933. The van der Waals surface area contributed by atoms with Gasteiger partial charge in [-0.3, -0.25) is 4.99 Å². The van der Waals surface area contributed by atoms with Gasteiger partial charge in [-0.05, 0) is 43.5 Å². The summed E-state index contributed by atoms with van der Waals surface area (Å²) in [6.07, 6.45) is 0.851. The first-order valence-electron chi connectivity index (χ1n) is 5.43. The van der Waals surface area contributed by atoms with Crippen LogP contribution in [0.2, 0.25) is 0 Å². The highest BCUT2D eigenvalue weighted by Gasteiger charge is 2.16. The Hall–Kier alpha value is -0.630. The Kier molecular flexibility index (Phi) is 4.26. The fourth-order valence-electron chi connectivity index (χ4n) is 1.51. The van der Waals surface area contributed by atoms with Crippen molar-refractivity contribution in [2.24, 2.45) is 4.99 Å². The number of thiophene rings is 1. The molecule has 2 rings (SSSR count). The van der Waals surface area contributed by atoms with Gasteiger partial charge in [-0.1, -0.05) is 11.8 Å². The lowest BCUT2D eigenvalue weighted by atomic mass is 10.2. The number of aliphatic imine (C=N–C) groups is 1. The Labute approximate surface area is 115 Å². The monoisotopic (exact) mass is 302 g/mol. The predicted octanol–water partition coefficient (Wildman–Crippen LogP) is 2.55. The normalized spacial score (nSPS) is 17.0. The van der Waals surface area contributed by atoms with Crippen molar-refractivity contribution in [3.05, 3.63) is 22.4 Å². The number of hydrogen-bond donors (Lipinski definition) is 1. The Morgan fingerprint density at radius 2 is 2.17 bits per heavy atom. The molecule has 0 saturated heterocycles. The third-order valence-electron chi connectivity index (χ3n) is 2.52. The largest absolute Gasteiger partial charge is 0.283 e. The summed E-state index contributed by atoms with van der Waals surface area (Å²) in [5.41, 5.74) is 1.16. The van der Waals surface area contributed by atoms with Crippen LogP contribution in [0.1, 0.15) is 18.2 Å². The van der Waals surface area contributed by atoms with Crippen LogP contribution >= 0.6 is 23.1 Å². The van der Waals surface area contributed by atoms with E-state index < -0.39 is 10.0 Å². The minimum atomic E-state index is -3.33. The zero-order valence-corrected chi connectivity index (χ0v) is 12.6. The van der Waals surface area contributed by atoms with E-state index in [0.717, 1.165) is 28.5 Å². The van der Waals surface area contributed by atoms with E-state index >= 15 is 0 Å². The van der Waals surface area contributed by atoms with Crippen molar-refractivity contribution in [1.82, 2.24) is 4.72 Å². The zero-order valence-electron chi connectivity index (χ0n) is 10.1. The molecule has 4 nitrogen and oxygen atoms in total. The van der Waals surface area contributed by atoms with Gasteiger partial charge in [0.2, 0.25) is 10.0 Å². The van der Waals surface area contributed by atoms with Gasteiger partial charge < -0.3 is 0 Å². The molecular formula is C11H14N2O2S3. The summed E-state index contributed by atoms with van der Waals surface area (Å²) >= 11 is 2.89. The lowest BCUT2D eigenvalue weighted by Gasteiger charge is -2.00. The van der Waals surface area contributed by atoms with Gasteiger partial charge in [0.15, 0.2) is 0 Å². The van der Waals surface area contributed by atoms with Gasteiger partial charge in [-0.25, -0.2) is 13.1 Å². The van der Waals surface area contributed by atoms with Crippen molar-refractivity contribution in [1.29, 1.82) is 0 Å². The summed E-state index contributed by atoms with van der Waals surface area (Å²) in [7, 11) is -1.91. The van der Waals surface area contributed by atoms with E-state index in [2.05, 4.69) is 15.1 Å². The Morgan fingerprint density at radius 3 is 2.89 bits per heavy atom. The molecule has 18 heavy (non-hydrogen) atoms. The SMILES string of the molecule is CNS(=O)(=O)c1ccc(C2=CSC(C)=NCC2)s1. The average molecular weight is 302 g/mol. The third-order valence-corrected chi connectivity index (χ3v) is 6.46. The maximum atomic E-state index is 11.7. The fourth-order valence-corrected chi connectivity index (χ4v) is 4.49. The highest BCUT2D eigenvalue weighted by molar-refractivity contribution is 8.16. The maximum absolute atomic E-state index is 11.7. The molecule has 0 atom stereocenters. The molecule has 1 aromatic rings. The van der Waals surface area contributed by atoms with Crippen LogP contribution in [0.15, 0.2) is 26.7 Å². The van der Waals surface area contributed by atoms with Gasteiger partial charge in [-0.2, -0.15) is 0 Å². The Bertz CT molecular complexity index is 600. The van der Waals surface area contributed by atoms with Gasteiger partial charge >= 0.3 is 0 Å². The minimum absolute atomic E-state index is 0.354. The lowest BCUT2D eigenvalue weighted by Crippen LogP contribution is -2.17. The smallest absolute Gasteiger partial charge is 0.249 e. The summed E-state index contributed by atoms with van der Waals surface area (Å²) in [4.78, 5) is 5.37. The first-order valence-corrected chi connectivity index (χ1v) is 8.61. The van der Waals surface area contributed by atoms with E-state index in [0.29, 0.717) is 4.21 Å². The average Bonchev–Trinajstić information content (AvgIpc) is 2.74. The van der Waals surface area contributed by atoms with Gasteiger partial charge in [0.05, 0.1) is 5.04 Å². The van der Waals surface area contributed by atoms with E-state index in [4.69, 9.17) is 0 Å². The number of hydrogen-bond acceptors (Lipinski definition) is 5. The molecule has 0 amide bonds. The molecule has 0 fully saturated rings. The standard InChI is InChI=1S/C11H14N2O2S3/c1-8-13-6-5-9(7-16-8)10-3-4-11(17-10)18(14,15)12-2/h3-4,7,12H,5-6H2,1-2H3. The van der Waals surface area contributed by atoms with Gasteiger partial charge in [0.1, 0.15) is 4.21 Å². The van der Waals surface area contributed by atoms with E-state index in [-0.39, 0.29) is 0 Å². The van der Waals surface area contributed by atoms with E-state index in [1.807, 2.05) is 13.0 Å². The number of nitrogens with one attached hydrogen (secondary N) is 1. The molecule has 7 heteroatoms. The topological polar surface area (TPSA) is 58.5 Å². The van der Waals surface area contributed by atoms with Crippen LogP contribution in [-0.4, -0.2) is 27.1 Å². The summed E-state index contributed by atoms with van der Waals surface area (Å²) in [6, 6.07) is 3.51.